The Hall–Kier alpha value is -2.14. The Morgan fingerprint density at radius 2 is 2.05 bits per heavy atom. The van der Waals surface area contributed by atoms with Gasteiger partial charge in [-0.25, -0.2) is 4.98 Å². The van der Waals surface area contributed by atoms with Crippen molar-refractivity contribution >= 4 is 32.7 Å². The number of halogens is 1. The number of carbonyl (C=O) groups excluding carboxylic acids is 1. The predicted molar refractivity (Wildman–Crippen MR) is 75.3 cm³/mol. The van der Waals surface area contributed by atoms with Gasteiger partial charge >= 0.3 is 0 Å². The maximum atomic E-state index is 12.4. The highest BCUT2D eigenvalue weighted by molar-refractivity contribution is 9.10. The van der Waals surface area contributed by atoms with E-state index in [0.717, 1.165) is 9.86 Å². The summed E-state index contributed by atoms with van der Waals surface area (Å²) in [6.07, 6.45) is 3.27. The van der Waals surface area contributed by atoms with Gasteiger partial charge in [0.1, 0.15) is 11.4 Å². The molecule has 0 bridgehead atoms. The molecular weight excluding hydrogens is 308 g/mol. The van der Waals surface area contributed by atoms with Crippen LogP contribution in [0.25, 0.3) is 11.0 Å². The summed E-state index contributed by atoms with van der Waals surface area (Å²) in [5.74, 6) is -0.256. The number of fused-ring (bicyclic) bond motifs is 1. The van der Waals surface area contributed by atoms with E-state index in [4.69, 9.17) is 0 Å². The Labute approximate surface area is 117 Å². The van der Waals surface area contributed by atoms with E-state index in [9.17, 15) is 9.90 Å². The summed E-state index contributed by atoms with van der Waals surface area (Å²) in [6.45, 7) is 0. The number of hydrogen-bond donors (Lipinski definition) is 2. The van der Waals surface area contributed by atoms with Crippen molar-refractivity contribution in [1.82, 2.24) is 9.97 Å². The Bertz CT molecular complexity index is 780. The van der Waals surface area contributed by atoms with E-state index in [1.54, 1.807) is 30.6 Å². The van der Waals surface area contributed by atoms with Crippen LogP contribution in [0.5, 0.6) is 5.75 Å². The molecule has 2 aromatic heterocycles. The number of rotatable bonds is 2. The van der Waals surface area contributed by atoms with E-state index < -0.39 is 0 Å². The number of hydrogen-bond acceptors (Lipinski definition) is 3. The zero-order valence-electron chi connectivity index (χ0n) is 9.72. The molecule has 2 N–H and O–H groups in total. The number of H-pyrrole nitrogens is 1. The fourth-order valence-electron chi connectivity index (χ4n) is 1.98. The van der Waals surface area contributed by atoms with Crippen LogP contribution in [-0.2, 0) is 0 Å². The van der Waals surface area contributed by atoms with Crippen LogP contribution in [0, 0.1) is 0 Å². The lowest BCUT2D eigenvalue weighted by atomic mass is 10.0. The molecule has 3 rings (SSSR count). The van der Waals surface area contributed by atoms with Crippen LogP contribution in [0.1, 0.15) is 15.9 Å². The second-order valence-corrected chi connectivity index (χ2v) is 5.01. The number of phenolic OH excluding ortho intramolecular Hbond substituents is 1. The number of aromatic nitrogens is 2. The van der Waals surface area contributed by atoms with E-state index in [2.05, 4.69) is 25.9 Å². The lowest BCUT2D eigenvalue weighted by molar-refractivity contribution is 0.103. The zero-order valence-corrected chi connectivity index (χ0v) is 11.3. The van der Waals surface area contributed by atoms with E-state index >= 15 is 0 Å². The highest BCUT2D eigenvalue weighted by Gasteiger charge is 2.17. The van der Waals surface area contributed by atoms with Crippen molar-refractivity contribution in [2.24, 2.45) is 0 Å². The lowest BCUT2D eigenvalue weighted by Gasteiger charge is -2.02. The summed E-state index contributed by atoms with van der Waals surface area (Å²) in [5.41, 5.74) is 1.41. The molecule has 2 heterocycles. The molecular formula is C14H9BrN2O2. The molecule has 0 aliphatic rings. The molecule has 0 unspecified atom stereocenters. The molecule has 0 fully saturated rings. The minimum absolute atomic E-state index is 0.0233. The Morgan fingerprint density at radius 3 is 2.84 bits per heavy atom. The first-order chi connectivity index (χ1) is 9.16. The number of para-hydroxylation sites is 1. The van der Waals surface area contributed by atoms with Crippen LogP contribution in [0.15, 0.2) is 47.2 Å². The average Bonchev–Trinajstić information content (AvgIpc) is 2.81. The van der Waals surface area contributed by atoms with Crippen molar-refractivity contribution < 1.29 is 9.90 Å². The molecule has 0 atom stereocenters. The topological polar surface area (TPSA) is 66.0 Å². The molecule has 0 saturated carbocycles. The van der Waals surface area contributed by atoms with Crippen molar-refractivity contribution in [2.45, 2.75) is 0 Å². The fourth-order valence-corrected chi connectivity index (χ4v) is 2.31. The van der Waals surface area contributed by atoms with Crippen molar-refractivity contribution in [3.05, 3.63) is 58.3 Å². The molecule has 0 aliphatic carbocycles. The number of aromatic amines is 1. The van der Waals surface area contributed by atoms with Crippen LogP contribution >= 0.6 is 15.9 Å². The molecule has 4 nitrogen and oxygen atoms in total. The van der Waals surface area contributed by atoms with Crippen molar-refractivity contribution in [1.29, 1.82) is 0 Å². The predicted octanol–water partition coefficient (Wildman–Crippen LogP) is 3.26. The Balaban J connectivity index is 2.17. The summed E-state index contributed by atoms with van der Waals surface area (Å²) < 4.78 is 0.797. The largest absolute Gasteiger partial charge is 0.507 e. The molecule has 0 amide bonds. The first kappa shape index (κ1) is 11.9. The Kier molecular flexibility index (Phi) is 2.83. The molecule has 5 heteroatoms. The molecule has 19 heavy (non-hydrogen) atoms. The minimum Gasteiger partial charge on any atom is -0.507 e. The van der Waals surface area contributed by atoms with Crippen molar-refractivity contribution in [3.8, 4) is 5.75 Å². The minimum atomic E-state index is -0.232. The first-order valence-corrected chi connectivity index (χ1v) is 6.41. The SMILES string of the molecule is O=C(c1ccccc1O)c1c[nH]c2ncc(Br)cc12. The van der Waals surface area contributed by atoms with Gasteiger partial charge in [0.15, 0.2) is 5.78 Å². The molecule has 0 saturated heterocycles. The first-order valence-electron chi connectivity index (χ1n) is 5.62. The van der Waals surface area contributed by atoms with Gasteiger partial charge in [0.05, 0.1) is 5.56 Å². The third-order valence-corrected chi connectivity index (χ3v) is 3.32. The van der Waals surface area contributed by atoms with Crippen molar-refractivity contribution in [2.75, 3.05) is 0 Å². The standard InChI is InChI=1S/C14H9BrN2O2/c15-8-5-10-11(7-17-14(10)16-6-8)13(19)9-3-1-2-4-12(9)18/h1-7,18H,(H,16,17). The molecule has 0 radical (unpaired) electrons. The third-order valence-electron chi connectivity index (χ3n) is 2.89. The van der Waals surface area contributed by atoms with Gasteiger partial charge in [-0.2, -0.15) is 0 Å². The molecule has 0 spiro atoms. The maximum absolute atomic E-state index is 12.4. The summed E-state index contributed by atoms with van der Waals surface area (Å²) in [6, 6.07) is 8.32. The van der Waals surface area contributed by atoms with Gasteiger partial charge < -0.3 is 10.1 Å². The van der Waals surface area contributed by atoms with E-state index in [1.807, 2.05) is 6.07 Å². The number of nitrogens with zero attached hydrogens (tertiary/aromatic N) is 1. The van der Waals surface area contributed by atoms with Crippen LogP contribution in [0.4, 0.5) is 0 Å². The second kappa shape index (κ2) is 4.51. The van der Waals surface area contributed by atoms with Gasteiger partial charge in [-0.1, -0.05) is 12.1 Å². The van der Waals surface area contributed by atoms with Crippen LogP contribution in [0.3, 0.4) is 0 Å². The molecule has 94 valence electrons. The monoisotopic (exact) mass is 316 g/mol. The number of phenols is 1. The number of nitrogens with one attached hydrogen (secondary N) is 1. The lowest BCUT2D eigenvalue weighted by Crippen LogP contribution is -2.00. The van der Waals surface area contributed by atoms with Crippen LogP contribution < -0.4 is 0 Å². The molecule has 1 aromatic carbocycles. The van der Waals surface area contributed by atoms with E-state index in [-0.39, 0.29) is 17.1 Å². The number of benzene rings is 1. The smallest absolute Gasteiger partial charge is 0.198 e. The normalized spacial score (nSPS) is 10.8. The van der Waals surface area contributed by atoms with Crippen LogP contribution in [-0.4, -0.2) is 20.9 Å². The number of pyridine rings is 1. The van der Waals surface area contributed by atoms with Gasteiger partial charge in [0.25, 0.3) is 0 Å². The Morgan fingerprint density at radius 1 is 1.26 bits per heavy atom. The van der Waals surface area contributed by atoms with Gasteiger partial charge in [0.2, 0.25) is 0 Å². The van der Waals surface area contributed by atoms with E-state index in [0.29, 0.717) is 11.2 Å². The third kappa shape index (κ3) is 2.02. The number of ketones is 1. The van der Waals surface area contributed by atoms with Gasteiger partial charge in [0, 0.05) is 27.8 Å². The van der Waals surface area contributed by atoms with Crippen molar-refractivity contribution in [3.63, 3.8) is 0 Å². The highest BCUT2D eigenvalue weighted by atomic mass is 79.9. The average molecular weight is 317 g/mol. The molecule has 0 aliphatic heterocycles. The van der Waals surface area contributed by atoms with Gasteiger partial charge in [-0.05, 0) is 34.1 Å². The summed E-state index contributed by atoms with van der Waals surface area (Å²) in [4.78, 5) is 19.6. The van der Waals surface area contributed by atoms with Crippen LogP contribution in [0.2, 0.25) is 0 Å². The summed E-state index contributed by atoms with van der Waals surface area (Å²) in [7, 11) is 0. The number of carbonyl (C=O) groups is 1. The quantitative estimate of drug-likeness (QED) is 0.713. The fraction of sp³-hybridized carbons (Fsp3) is 0. The maximum Gasteiger partial charge on any atom is 0.198 e. The molecule has 3 aromatic rings. The van der Waals surface area contributed by atoms with Gasteiger partial charge in [-0.3, -0.25) is 4.79 Å². The number of aromatic hydroxyl groups is 1. The summed E-state index contributed by atoms with van der Waals surface area (Å²) in [5, 5.41) is 10.5. The highest BCUT2D eigenvalue weighted by Crippen LogP contribution is 2.25. The second-order valence-electron chi connectivity index (χ2n) is 4.10. The van der Waals surface area contributed by atoms with E-state index in [1.165, 1.54) is 6.07 Å². The summed E-state index contributed by atoms with van der Waals surface area (Å²) >= 11 is 3.33. The zero-order chi connectivity index (χ0) is 13.4. The van der Waals surface area contributed by atoms with Gasteiger partial charge in [-0.15, -0.1) is 0 Å².